The van der Waals surface area contributed by atoms with E-state index < -0.39 is 0 Å². The van der Waals surface area contributed by atoms with E-state index in [-0.39, 0.29) is 11.8 Å². The Morgan fingerprint density at radius 3 is 2.44 bits per heavy atom. The molecule has 0 radical (unpaired) electrons. The minimum atomic E-state index is -0.0261. The Balaban J connectivity index is 2.03. The van der Waals surface area contributed by atoms with E-state index in [9.17, 15) is 9.59 Å². The van der Waals surface area contributed by atoms with Crippen LogP contribution >= 0.6 is 0 Å². The fraction of sp³-hybridized carbons (Fsp3) is 0.333. The van der Waals surface area contributed by atoms with Gasteiger partial charge in [0.25, 0.3) is 0 Å². The van der Waals surface area contributed by atoms with Crippen molar-refractivity contribution in [2.75, 3.05) is 0 Å². The average Bonchev–Trinajstić information content (AvgIpc) is 2.93. The Kier molecular flexibility index (Phi) is 4.29. The Morgan fingerprint density at radius 1 is 1.17 bits per heavy atom. The maximum absolute atomic E-state index is 11.9. The van der Waals surface area contributed by atoms with Crippen LogP contribution in [0.5, 0.6) is 0 Å². The molecule has 0 unspecified atom stereocenters. The highest BCUT2D eigenvalue weighted by molar-refractivity contribution is 5.91. The summed E-state index contributed by atoms with van der Waals surface area (Å²) in [6.07, 6.45) is 6.47. The van der Waals surface area contributed by atoms with E-state index in [1.807, 2.05) is 30.3 Å². The normalized spacial score (nSPS) is 16.6. The summed E-state index contributed by atoms with van der Waals surface area (Å²) in [5.74, 6) is 0.0471. The highest BCUT2D eigenvalue weighted by atomic mass is 16.2. The van der Waals surface area contributed by atoms with Gasteiger partial charge < -0.3 is 5.32 Å². The summed E-state index contributed by atoms with van der Waals surface area (Å²) in [6.45, 7) is 0. The molecule has 3 heteroatoms. The fourth-order valence-electron chi connectivity index (χ4n) is 2.26. The summed E-state index contributed by atoms with van der Waals surface area (Å²) in [5.41, 5.74) is 1.24. The first-order valence-electron chi connectivity index (χ1n) is 6.32. The molecule has 1 saturated carbocycles. The van der Waals surface area contributed by atoms with Crippen molar-refractivity contribution in [2.45, 2.75) is 25.7 Å². The Hall–Kier alpha value is -1.90. The van der Waals surface area contributed by atoms with Gasteiger partial charge in [-0.3, -0.25) is 9.59 Å². The Labute approximate surface area is 107 Å². The first-order valence-corrected chi connectivity index (χ1v) is 6.32. The van der Waals surface area contributed by atoms with E-state index in [0.29, 0.717) is 12.0 Å². The van der Waals surface area contributed by atoms with E-state index in [4.69, 9.17) is 0 Å². The van der Waals surface area contributed by atoms with Crippen LogP contribution < -0.4 is 5.32 Å². The molecule has 94 valence electrons. The van der Waals surface area contributed by atoms with Crippen molar-refractivity contribution >= 4 is 18.3 Å². The van der Waals surface area contributed by atoms with Crippen molar-refractivity contribution in [3.8, 4) is 0 Å². The van der Waals surface area contributed by atoms with Crippen LogP contribution in [-0.2, 0) is 9.59 Å². The van der Waals surface area contributed by atoms with Gasteiger partial charge in [-0.25, -0.2) is 0 Å². The van der Waals surface area contributed by atoms with E-state index in [0.717, 1.165) is 31.2 Å². The van der Waals surface area contributed by atoms with Crippen LogP contribution in [0.2, 0.25) is 0 Å². The molecule has 1 aromatic carbocycles. The van der Waals surface area contributed by atoms with Crippen LogP contribution in [0.15, 0.2) is 36.0 Å². The number of hydrogen-bond acceptors (Lipinski definition) is 2. The number of carbonyl (C=O) groups is 2. The molecule has 1 aliphatic carbocycles. The number of amides is 1. The van der Waals surface area contributed by atoms with Crippen LogP contribution in [0.4, 0.5) is 0 Å². The van der Waals surface area contributed by atoms with Gasteiger partial charge in [-0.2, -0.15) is 0 Å². The number of hydrogen-bond donors (Lipinski definition) is 1. The summed E-state index contributed by atoms with van der Waals surface area (Å²) >= 11 is 0. The summed E-state index contributed by atoms with van der Waals surface area (Å²) in [6, 6.07) is 9.49. The smallest absolute Gasteiger partial charge is 0.227 e. The summed E-state index contributed by atoms with van der Waals surface area (Å²) < 4.78 is 0. The van der Waals surface area contributed by atoms with Crippen molar-refractivity contribution in [1.29, 1.82) is 0 Å². The molecule has 0 aliphatic heterocycles. The van der Waals surface area contributed by atoms with Crippen LogP contribution in [0.3, 0.4) is 0 Å². The van der Waals surface area contributed by atoms with Gasteiger partial charge in [0.1, 0.15) is 0 Å². The quantitative estimate of drug-likeness (QED) is 0.652. The van der Waals surface area contributed by atoms with E-state index in [2.05, 4.69) is 5.32 Å². The topological polar surface area (TPSA) is 46.2 Å². The number of aldehydes is 1. The standard InChI is InChI=1S/C15H17NO2/c17-11-14(10-12-6-2-1-3-7-12)16-15(18)13-8-4-5-9-13/h1-3,6-7,10-11,13H,4-5,8-9H2,(H,16,18). The molecule has 1 amide bonds. The summed E-state index contributed by atoms with van der Waals surface area (Å²) in [4.78, 5) is 22.9. The maximum Gasteiger partial charge on any atom is 0.227 e. The number of benzene rings is 1. The van der Waals surface area contributed by atoms with Gasteiger partial charge in [-0.05, 0) is 24.5 Å². The Bertz CT molecular complexity index is 445. The van der Waals surface area contributed by atoms with Gasteiger partial charge in [0.2, 0.25) is 5.91 Å². The zero-order valence-corrected chi connectivity index (χ0v) is 10.3. The van der Waals surface area contributed by atoms with Gasteiger partial charge in [0.15, 0.2) is 6.29 Å². The molecule has 0 saturated heterocycles. The highest BCUT2D eigenvalue weighted by Gasteiger charge is 2.22. The number of carbonyl (C=O) groups excluding carboxylic acids is 2. The van der Waals surface area contributed by atoms with Crippen molar-refractivity contribution < 1.29 is 9.59 Å². The number of nitrogens with one attached hydrogen (secondary N) is 1. The first-order chi connectivity index (χ1) is 8.79. The zero-order valence-electron chi connectivity index (χ0n) is 10.3. The first kappa shape index (κ1) is 12.6. The van der Waals surface area contributed by atoms with Crippen LogP contribution in [0, 0.1) is 5.92 Å². The van der Waals surface area contributed by atoms with Crippen molar-refractivity contribution in [1.82, 2.24) is 5.32 Å². The van der Waals surface area contributed by atoms with Gasteiger partial charge in [0.05, 0.1) is 5.70 Å². The van der Waals surface area contributed by atoms with Gasteiger partial charge in [-0.15, -0.1) is 0 Å². The molecule has 3 nitrogen and oxygen atoms in total. The van der Waals surface area contributed by atoms with Gasteiger partial charge in [-0.1, -0.05) is 43.2 Å². The van der Waals surface area contributed by atoms with E-state index >= 15 is 0 Å². The minimum absolute atomic E-state index is 0.0261. The molecule has 18 heavy (non-hydrogen) atoms. The SMILES string of the molecule is O=CC(=Cc1ccccc1)NC(=O)C1CCCC1. The molecule has 0 heterocycles. The monoisotopic (exact) mass is 243 g/mol. The molecule has 0 aromatic heterocycles. The molecule has 0 atom stereocenters. The third kappa shape index (κ3) is 3.29. The lowest BCUT2D eigenvalue weighted by atomic mass is 10.1. The second-order valence-electron chi connectivity index (χ2n) is 4.60. The van der Waals surface area contributed by atoms with E-state index in [1.165, 1.54) is 0 Å². The highest BCUT2D eigenvalue weighted by Crippen LogP contribution is 2.24. The van der Waals surface area contributed by atoms with Crippen LogP contribution in [0.1, 0.15) is 31.2 Å². The molecule has 1 fully saturated rings. The molecular formula is C15H17NO2. The maximum atomic E-state index is 11.9. The third-order valence-electron chi connectivity index (χ3n) is 3.24. The van der Waals surface area contributed by atoms with E-state index in [1.54, 1.807) is 6.08 Å². The van der Waals surface area contributed by atoms with Crippen molar-refractivity contribution in [3.05, 3.63) is 41.6 Å². The van der Waals surface area contributed by atoms with Crippen LogP contribution in [0.25, 0.3) is 6.08 Å². The molecule has 0 bridgehead atoms. The molecular weight excluding hydrogens is 226 g/mol. The second-order valence-corrected chi connectivity index (χ2v) is 4.60. The molecule has 1 aromatic rings. The molecule has 0 spiro atoms. The molecule has 1 N–H and O–H groups in total. The van der Waals surface area contributed by atoms with Crippen LogP contribution in [-0.4, -0.2) is 12.2 Å². The predicted octanol–water partition coefficient (Wildman–Crippen LogP) is 2.53. The van der Waals surface area contributed by atoms with Gasteiger partial charge >= 0.3 is 0 Å². The second kappa shape index (κ2) is 6.15. The summed E-state index contributed by atoms with van der Waals surface area (Å²) in [7, 11) is 0. The lowest BCUT2D eigenvalue weighted by molar-refractivity contribution is -0.124. The molecule has 2 rings (SSSR count). The number of rotatable bonds is 4. The lowest BCUT2D eigenvalue weighted by Gasteiger charge is -2.09. The lowest BCUT2D eigenvalue weighted by Crippen LogP contribution is -2.29. The predicted molar refractivity (Wildman–Crippen MR) is 70.6 cm³/mol. The van der Waals surface area contributed by atoms with Crippen molar-refractivity contribution in [3.63, 3.8) is 0 Å². The third-order valence-corrected chi connectivity index (χ3v) is 3.24. The minimum Gasteiger partial charge on any atom is -0.323 e. The molecule has 1 aliphatic rings. The number of allylic oxidation sites excluding steroid dienone is 1. The van der Waals surface area contributed by atoms with Crippen molar-refractivity contribution in [2.24, 2.45) is 5.92 Å². The fourth-order valence-corrected chi connectivity index (χ4v) is 2.26. The Morgan fingerprint density at radius 2 is 1.83 bits per heavy atom. The average molecular weight is 243 g/mol. The van der Waals surface area contributed by atoms with Gasteiger partial charge in [0, 0.05) is 5.92 Å². The summed E-state index contributed by atoms with van der Waals surface area (Å²) in [5, 5.41) is 2.71. The largest absolute Gasteiger partial charge is 0.323 e. The zero-order chi connectivity index (χ0) is 12.8.